The van der Waals surface area contributed by atoms with Gasteiger partial charge in [-0.2, -0.15) is 0 Å². The normalized spacial score (nSPS) is 10.9. The third-order valence-electron chi connectivity index (χ3n) is 4.08. The molecule has 3 aromatic rings. The molecule has 0 spiro atoms. The van der Waals surface area contributed by atoms with Crippen LogP contribution in [-0.2, 0) is 7.05 Å². The number of carbonyl (C=O) groups is 1. The highest BCUT2D eigenvalue weighted by Gasteiger charge is 2.15. The quantitative estimate of drug-likeness (QED) is 0.509. The van der Waals surface area contributed by atoms with Crippen LogP contribution >= 0.6 is 23.1 Å². The summed E-state index contributed by atoms with van der Waals surface area (Å²) in [7, 11) is 1.97. The van der Waals surface area contributed by atoms with Crippen molar-refractivity contribution in [3.05, 3.63) is 52.8 Å². The molecule has 2 aromatic heterocycles. The molecule has 3 rings (SSSR count). The summed E-state index contributed by atoms with van der Waals surface area (Å²) in [5, 5.41) is 12.3. The molecule has 0 unspecified atom stereocenters. The number of carbonyl (C=O) groups excluding carboxylic acids is 1. The maximum absolute atomic E-state index is 12.4. The lowest BCUT2D eigenvalue weighted by Crippen LogP contribution is -2.04. The highest BCUT2D eigenvalue weighted by Crippen LogP contribution is 2.28. The molecule has 0 aliphatic heterocycles. The zero-order chi connectivity index (χ0) is 18.0. The molecule has 0 bridgehead atoms. The molecule has 0 amide bonds. The summed E-state index contributed by atoms with van der Waals surface area (Å²) in [4.78, 5) is 12.4. The molecule has 2 heterocycles. The number of anilines is 2. The van der Waals surface area contributed by atoms with Gasteiger partial charge in [0.15, 0.2) is 10.1 Å². The lowest BCUT2D eigenvalue weighted by atomic mass is 10.2. The van der Waals surface area contributed by atoms with Gasteiger partial charge >= 0.3 is 0 Å². The van der Waals surface area contributed by atoms with Crippen molar-refractivity contribution in [3.8, 4) is 0 Å². The van der Waals surface area contributed by atoms with Gasteiger partial charge < -0.3 is 9.88 Å². The van der Waals surface area contributed by atoms with E-state index in [2.05, 4.69) is 21.6 Å². The molecule has 25 heavy (non-hydrogen) atoms. The van der Waals surface area contributed by atoms with E-state index in [0.717, 1.165) is 32.1 Å². The lowest BCUT2D eigenvalue weighted by molar-refractivity contribution is 0.102. The van der Waals surface area contributed by atoms with E-state index in [-0.39, 0.29) is 5.78 Å². The minimum absolute atomic E-state index is 0.120. The summed E-state index contributed by atoms with van der Waals surface area (Å²) < 4.78 is 2.82. The van der Waals surface area contributed by atoms with Gasteiger partial charge in [-0.25, -0.2) is 0 Å². The van der Waals surface area contributed by atoms with Crippen molar-refractivity contribution >= 4 is 39.7 Å². The van der Waals surface area contributed by atoms with E-state index in [1.807, 2.05) is 56.7 Å². The second kappa shape index (κ2) is 7.41. The van der Waals surface area contributed by atoms with Crippen LogP contribution in [0.15, 0.2) is 34.7 Å². The molecular formula is C18H20N4OS2. The van der Waals surface area contributed by atoms with Gasteiger partial charge in [0.1, 0.15) is 0 Å². The Morgan fingerprint density at radius 3 is 2.72 bits per heavy atom. The predicted molar refractivity (Wildman–Crippen MR) is 104 cm³/mol. The van der Waals surface area contributed by atoms with Crippen molar-refractivity contribution < 1.29 is 4.79 Å². The molecule has 0 aliphatic rings. The molecule has 0 fully saturated rings. The maximum atomic E-state index is 12.4. The Kier molecular flexibility index (Phi) is 5.24. The van der Waals surface area contributed by atoms with E-state index in [1.54, 1.807) is 0 Å². The third kappa shape index (κ3) is 4.11. The van der Waals surface area contributed by atoms with Crippen molar-refractivity contribution in [2.45, 2.75) is 25.1 Å². The van der Waals surface area contributed by atoms with Gasteiger partial charge in [0.25, 0.3) is 0 Å². The van der Waals surface area contributed by atoms with Gasteiger partial charge in [0, 0.05) is 29.7 Å². The van der Waals surface area contributed by atoms with Crippen LogP contribution in [0.25, 0.3) is 0 Å². The number of rotatable bonds is 6. The van der Waals surface area contributed by atoms with E-state index in [4.69, 9.17) is 0 Å². The molecular weight excluding hydrogens is 352 g/mol. The van der Waals surface area contributed by atoms with E-state index in [0.29, 0.717) is 5.75 Å². The average Bonchev–Trinajstić information content (AvgIpc) is 3.12. The van der Waals surface area contributed by atoms with Gasteiger partial charge in [-0.1, -0.05) is 35.2 Å². The SMILES string of the molecule is Cc1cccc(Nc2nnc(SCC(=O)c3cc(C)n(C)c3C)s2)c1. The summed E-state index contributed by atoms with van der Waals surface area (Å²) in [6, 6.07) is 10.0. The highest BCUT2D eigenvalue weighted by atomic mass is 32.2. The number of nitrogens with one attached hydrogen (secondary N) is 1. The molecule has 1 aromatic carbocycles. The molecule has 1 N–H and O–H groups in total. The van der Waals surface area contributed by atoms with Crippen LogP contribution in [-0.4, -0.2) is 26.3 Å². The number of hydrogen-bond donors (Lipinski definition) is 1. The Morgan fingerprint density at radius 1 is 1.24 bits per heavy atom. The Balaban J connectivity index is 1.61. The minimum atomic E-state index is 0.120. The van der Waals surface area contributed by atoms with Crippen LogP contribution in [0.2, 0.25) is 0 Å². The number of aryl methyl sites for hydroxylation is 2. The number of thioether (sulfide) groups is 1. The summed E-state index contributed by atoms with van der Waals surface area (Å²) in [6.45, 7) is 6.02. The largest absolute Gasteiger partial charge is 0.351 e. The van der Waals surface area contributed by atoms with Crippen LogP contribution in [0, 0.1) is 20.8 Å². The molecule has 7 heteroatoms. The topological polar surface area (TPSA) is 59.8 Å². The van der Waals surface area contributed by atoms with Crippen LogP contribution in [0.1, 0.15) is 27.3 Å². The van der Waals surface area contributed by atoms with Crippen molar-refractivity contribution in [2.24, 2.45) is 7.05 Å². The number of nitrogens with zero attached hydrogens (tertiary/aromatic N) is 3. The number of aromatic nitrogens is 3. The van der Waals surface area contributed by atoms with E-state index in [1.165, 1.54) is 28.7 Å². The maximum Gasteiger partial charge on any atom is 0.210 e. The first-order valence-corrected chi connectivity index (χ1v) is 9.70. The van der Waals surface area contributed by atoms with E-state index in [9.17, 15) is 4.79 Å². The fraction of sp³-hybridized carbons (Fsp3) is 0.278. The van der Waals surface area contributed by atoms with Crippen molar-refractivity contribution in [3.63, 3.8) is 0 Å². The fourth-order valence-corrected chi connectivity index (χ4v) is 4.16. The summed E-state index contributed by atoms with van der Waals surface area (Å²) in [6.07, 6.45) is 0. The first kappa shape index (κ1) is 17.7. The fourth-order valence-electron chi connectivity index (χ4n) is 2.51. The molecule has 0 saturated heterocycles. The first-order valence-electron chi connectivity index (χ1n) is 7.90. The van der Waals surface area contributed by atoms with Gasteiger partial charge in [0.05, 0.1) is 5.75 Å². The van der Waals surface area contributed by atoms with E-state index >= 15 is 0 Å². The zero-order valence-corrected chi connectivity index (χ0v) is 16.3. The van der Waals surface area contributed by atoms with E-state index < -0.39 is 0 Å². The average molecular weight is 373 g/mol. The summed E-state index contributed by atoms with van der Waals surface area (Å²) in [5.41, 5.74) is 5.05. The van der Waals surface area contributed by atoms with Gasteiger partial charge in [0.2, 0.25) is 5.13 Å². The minimum Gasteiger partial charge on any atom is -0.351 e. The molecule has 5 nitrogen and oxygen atoms in total. The molecule has 0 atom stereocenters. The molecule has 0 saturated carbocycles. The molecule has 0 radical (unpaired) electrons. The monoisotopic (exact) mass is 372 g/mol. The van der Waals surface area contributed by atoms with Crippen molar-refractivity contribution in [1.29, 1.82) is 0 Å². The lowest BCUT2D eigenvalue weighted by Gasteiger charge is -2.02. The zero-order valence-electron chi connectivity index (χ0n) is 14.7. The molecule has 0 aliphatic carbocycles. The Bertz CT molecular complexity index is 914. The smallest absolute Gasteiger partial charge is 0.210 e. The highest BCUT2D eigenvalue weighted by molar-refractivity contribution is 8.01. The van der Waals surface area contributed by atoms with Gasteiger partial charge in [-0.05, 0) is 44.5 Å². The predicted octanol–water partition coefficient (Wildman–Crippen LogP) is 4.52. The number of hydrogen-bond acceptors (Lipinski definition) is 6. The van der Waals surface area contributed by atoms with Crippen LogP contribution < -0.4 is 5.32 Å². The van der Waals surface area contributed by atoms with Gasteiger partial charge in [-0.15, -0.1) is 10.2 Å². The van der Waals surface area contributed by atoms with Crippen molar-refractivity contribution in [2.75, 3.05) is 11.1 Å². The Morgan fingerprint density at radius 2 is 2.04 bits per heavy atom. The Hall–Kier alpha value is -2.12. The summed E-state index contributed by atoms with van der Waals surface area (Å²) in [5.74, 6) is 0.484. The van der Waals surface area contributed by atoms with Crippen LogP contribution in [0.5, 0.6) is 0 Å². The Labute approximate surface area is 155 Å². The van der Waals surface area contributed by atoms with Gasteiger partial charge in [-0.3, -0.25) is 4.79 Å². The van der Waals surface area contributed by atoms with Crippen molar-refractivity contribution in [1.82, 2.24) is 14.8 Å². The van der Waals surface area contributed by atoms with Crippen LogP contribution in [0.4, 0.5) is 10.8 Å². The third-order valence-corrected chi connectivity index (χ3v) is 6.05. The second-order valence-electron chi connectivity index (χ2n) is 5.92. The second-order valence-corrected chi connectivity index (χ2v) is 8.12. The number of Topliss-reactive ketones (excluding diaryl/α,β-unsaturated/α-hetero) is 1. The first-order chi connectivity index (χ1) is 11.9. The number of benzene rings is 1. The summed E-state index contributed by atoms with van der Waals surface area (Å²) >= 11 is 2.88. The standard InChI is InChI=1S/C18H20N4OS2/c1-11-6-5-7-14(8-11)19-17-20-21-18(25-17)24-10-16(23)15-9-12(2)22(4)13(15)3/h5-9H,10H2,1-4H3,(H,19,20). The number of ketones is 1. The molecule has 130 valence electrons. The van der Waals surface area contributed by atoms with Crippen LogP contribution in [0.3, 0.4) is 0 Å².